The molecule has 5 nitrogen and oxygen atoms in total. The van der Waals surface area contributed by atoms with Crippen LogP contribution in [0.3, 0.4) is 0 Å². The van der Waals surface area contributed by atoms with Gasteiger partial charge in [0.2, 0.25) is 0 Å². The molecule has 0 aromatic rings. The van der Waals surface area contributed by atoms with Gasteiger partial charge in [-0.3, -0.25) is 14.4 Å². The van der Waals surface area contributed by atoms with Crippen LogP contribution in [0.15, 0.2) is 0 Å². The van der Waals surface area contributed by atoms with Crippen LogP contribution in [0, 0.1) is 0 Å². The Morgan fingerprint density at radius 2 is 1.44 bits per heavy atom. The second-order valence-corrected chi connectivity index (χ2v) is 3.90. The van der Waals surface area contributed by atoms with E-state index >= 15 is 0 Å². The van der Waals surface area contributed by atoms with Crippen LogP contribution < -0.4 is 0 Å². The van der Waals surface area contributed by atoms with Crippen molar-refractivity contribution in [1.82, 2.24) is 0 Å². The summed E-state index contributed by atoms with van der Waals surface area (Å²) < 4.78 is 4.47. The SMILES string of the molecule is CCCCCCCC(=O)OC(=O)CCC(=O)O.[NaH]. The van der Waals surface area contributed by atoms with E-state index in [4.69, 9.17) is 5.11 Å². The fourth-order valence-corrected chi connectivity index (χ4v) is 1.31. The molecular formula is C12H21NaO5. The van der Waals surface area contributed by atoms with E-state index in [1.165, 1.54) is 0 Å². The zero-order chi connectivity index (χ0) is 13.1. The van der Waals surface area contributed by atoms with Gasteiger partial charge in [0.05, 0.1) is 12.8 Å². The molecule has 0 heterocycles. The Kier molecular flexibility index (Phi) is 14.5. The first-order valence-corrected chi connectivity index (χ1v) is 6.01. The molecule has 0 rings (SSSR count). The van der Waals surface area contributed by atoms with Crippen molar-refractivity contribution in [1.29, 1.82) is 0 Å². The second kappa shape index (κ2) is 13.1. The molecule has 0 saturated heterocycles. The van der Waals surface area contributed by atoms with E-state index in [9.17, 15) is 14.4 Å². The third-order valence-electron chi connectivity index (χ3n) is 2.26. The number of rotatable bonds is 9. The minimum atomic E-state index is -1.08. The molecule has 0 spiro atoms. The summed E-state index contributed by atoms with van der Waals surface area (Å²) in [6, 6.07) is 0. The molecule has 0 fully saturated rings. The molecular weight excluding hydrogens is 247 g/mol. The molecule has 0 aliphatic heterocycles. The Balaban J connectivity index is 0. The molecule has 0 aromatic heterocycles. The van der Waals surface area contributed by atoms with Crippen LogP contribution in [-0.2, 0) is 19.1 Å². The van der Waals surface area contributed by atoms with Gasteiger partial charge in [0, 0.05) is 6.42 Å². The van der Waals surface area contributed by atoms with Crippen molar-refractivity contribution in [3.05, 3.63) is 0 Å². The zero-order valence-corrected chi connectivity index (χ0v) is 10.2. The first kappa shape index (κ1) is 19.9. The fourth-order valence-electron chi connectivity index (χ4n) is 1.31. The van der Waals surface area contributed by atoms with Crippen LogP contribution >= 0.6 is 0 Å². The van der Waals surface area contributed by atoms with Crippen molar-refractivity contribution in [2.75, 3.05) is 0 Å². The Morgan fingerprint density at radius 3 is 2.00 bits per heavy atom. The third-order valence-corrected chi connectivity index (χ3v) is 2.26. The van der Waals surface area contributed by atoms with E-state index in [1.807, 2.05) is 0 Å². The van der Waals surface area contributed by atoms with Crippen molar-refractivity contribution in [3.8, 4) is 0 Å². The van der Waals surface area contributed by atoms with Gasteiger partial charge in [0.1, 0.15) is 0 Å². The van der Waals surface area contributed by atoms with Gasteiger partial charge >= 0.3 is 47.5 Å². The topological polar surface area (TPSA) is 80.7 Å². The van der Waals surface area contributed by atoms with Crippen molar-refractivity contribution >= 4 is 47.5 Å². The van der Waals surface area contributed by atoms with Crippen LogP contribution in [0.4, 0.5) is 0 Å². The van der Waals surface area contributed by atoms with E-state index in [1.54, 1.807) is 0 Å². The van der Waals surface area contributed by atoms with Gasteiger partial charge in [-0.15, -0.1) is 0 Å². The molecule has 0 aliphatic rings. The molecule has 0 unspecified atom stereocenters. The number of aliphatic carboxylic acids is 1. The van der Waals surface area contributed by atoms with Crippen LogP contribution in [0.1, 0.15) is 58.3 Å². The summed E-state index contributed by atoms with van der Waals surface area (Å²) in [5.41, 5.74) is 0. The number of ether oxygens (including phenoxy) is 1. The molecule has 0 amide bonds. The van der Waals surface area contributed by atoms with E-state index in [2.05, 4.69) is 11.7 Å². The number of hydrogen-bond acceptors (Lipinski definition) is 4. The molecule has 18 heavy (non-hydrogen) atoms. The molecule has 0 aliphatic carbocycles. The molecule has 0 aromatic carbocycles. The average Bonchev–Trinajstić information content (AvgIpc) is 2.26. The molecule has 0 atom stereocenters. The Labute approximate surface area is 130 Å². The van der Waals surface area contributed by atoms with E-state index in [-0.39, 0.29) is 48.8 Å². The average molecular weight is 268 g/mol. The van der Waals surface area contributed by atoms with Crippen LogP contribution in [0.25, 0.3) is 0 Å². The van der Waals surface area contributed by atoms with Gasteiger partial charge < -0.3 is 9.84 Å². The maximum atomic E-state index is 11.1. The number of carboxylic acid groups (broad SMARTS) is 1. The number of carbonyl (C=O) groups is 3. The fraction of sp³-hybridized carbons (Fsp3) is 0.750. The van der Waals surface area contributed by atoms with Crippen LogP contribution in [0.2, 0.25) is 0 Å². The van der Waals surface area contributed by atoms with Crippen LogP contribution in [-0.4, -0.2) is 52.6 Å². The Hall–Kier alpha value is -0.390. The number of esters is 2. The van der Waals surface area contributed by atoms with Crippen molar-refractivity contribution in [3.63, 3.8) is 0 Å². The summed E-state index contributed by atoms with van der Waals surface area (Å²) in [6.07, 6.45) is 4.70. The number of unbranched alkanes of at least 4 members (excludes halogenated alkanes) is 4. The summed E-state index contributed by atoms with van der Waals surface area (Å²) in [4.78, 5) is 32.3. The summed E-state index contributed by atoms with van der Waals surface area (Å²) >= 11 is 0. The van der Waals surface area contributed by atoms with Gasteiger partial charge in [-0.05, 0) is 6.42 Å². The Morgan fingerprint density at radius 1 is 0.889 bits per heavy atom. The summed E-state index contributed by atoms with van der Waals surface area (Å²) in [7, 11) is 0. The van der Waals surface area contributed by atoms with Crippen LogP contribution in [0.5, 0.6) is 0 Å². The summed E-state index contributed by atoms with van der Waals surface area (Å²) in [6.45, 7) is 2.11. The van der Waals surface area contributed by atoms with Crippen molar-refractivity contribution in [2.45, 2.75) is 58.3 Å². The van der Waals surface area contributed by atoms with Gasteiger partial charge in [-0.1, -0.05) is 32.6 Å². The third kappa shape index (κ3) is 13.7. The van der Waals surface area contributed by atoms with Gasteiger partial charge in [0.15, 0.2) is 0 Å². The van der Waals surface area contributed by atoms with Gasteiger partial charge in [-0.2, -0.15) is 0 Å². The minimum absolute atomic E-state index is 0. The zero-order valence-electron chi connectivity index (χ0n) is 10.2. The molecule has 100 valence electrons. The second-order valence-electron chi connectivity index (χ2n) is 3.90. The van der Waals surface area contributed by atoms with Crippen molar-refractivity contribution in [2.24, 2.45) is 0 Å². The standard InChI is InChI=1S/C12H20O5.Na.H/c1-2-3-4-5-6-7-11(15)17-12(16)9-8-10(13)14;;/h2-9H2,1H3,(H,13,14);;. The molecule has 1 N–H and O–H groups in total. The number of carboxylic acids is 1. The summed E-state index contributed by atoms with van der Waals surface area (Å²) in [5, 5.41) is 8.33. The first-order valence-electron chi connectivity index (χ1n) is 6.01. The quantitative estimate of drug-likeness (QED) is 0.297. The van der Waals surface area contributed by atoms with Gasteiger partial charge in [-0.25, -0.2) is 0 Å². The molecule has 0 radical (unpaired) electrons. The predicted octanol–water partition coefficient (Wildman–Crippen LogP) is 1.63. The van der Waals surface area contributed by atoms with Gasteiger partial charge in [0.25, 0.3) is 0 Å². The van der Waals surface area contributed by atoms with E-state index in [0.29, 0.717) is 6.42 Å². The summed E-state index contributed by atoms with van der Waals surface area (Å²) in [5.74, 6) is -2.39. The normalized spacial score (nSPS) is 9.39. The predicted molar refractivity (Wildman–Crippen MR) is 68.5 cm³/mol. The van der Waals surface area contributed by atoms with E-state index < -0.39 is 17.9 Å². The maximum absolute atomic E-state index is 11.1. The molecule has 6 heteroatoms. The molecule has 0 saturated carbocycles. The first-order chi connectivity index (χ1) is 8.06. The Bertz CT molecular complexity index is 265. The molecule has 0 bridgehead atoms. The number of carbonyl (C=O) groups excluding carboxylic acids is 2. The number of hydrogen-bond donors (Lipinski definition) is 1. The monoisotopic (exact) mass is 268 g/mol. The van der Waals surface area contributed by atoms with Crippen molar-refractivity contribution < 1.29 is 24.2 Å². The van der Waals surface area contributed by atoms with E-state index in [0.717, 1.165) is 25.7 Å².